The minimum atomic E-state index is 0.321. The van der Waals surface area contributed by atoms with E-state index in [1.54, 1.807) is 0 Å². The highest BCUT2D eigenvalue weighted by atomic mass is 15.3. The Labute approximate surface area is 116 Å². The molecule has 0 aromatic carbocycles. The van der Waals surface area contributed by atoms with E-state index in [9.17, 15) is 0 Å². The number of nitrogens with two attached hydrogens (primary N) is 1. The molecule has 0 amide bonds. The largest absolute Gasteiger partial charge is 0.341 e. The number of anilines is 1. The second kappa shape index (κ2) is 5.53. The van der Waals surface area contributed by atoms with Crippen molar-refractivity contribution in [1.82, 2.24) is 9.55 Å². The van der Waals surface area contributed by atoms with Gasteiger partial charge in [0.2, 0.25) is 5.95 Å². The zero-order valence-electron chi connectivity index (χ0n) is 12.0. The van der Waals surface area contributed by atoms with Gasteiger partial charge in [0, 0.05) is 31.4 Å². The molecule has 1 aliphatic heterocycles. The molecule has 1 aliphatic carbocycles. The Morgan fingerprint density at radius 1 is 1.26 bits per heavy atom. The molecule has 1 atom stereocenters. The molecule has 2 fully saturated rings. The summed E-state index contributed by atoms with van der Waals surface area (Å²) in [5, 5.41) is 0. The van der Waals surface area contributed by atoms with Crippen LogP contribution in [0.3, 0.4) is 0 Å². The summed E-state index contributed by atoms with van der Waals surface area (Å²) in [4.78, 5) is 7.24. The molecule has 2 aliphatic rings. The van der Waals surface area contributed by atoms with Gasteiger partial charge in [0.15, 0.2) is 0 Å². The van der Waals surface area contributed by atoms with Gasteiger partial charge in [-0.15, -0.1) is 0 Å². The fourth-order valence-corrected chi connectivity index (χ4v) is 3.43. The molecule has 1 saturated carbocycles. The number of rotatable bonds is 3. The maximum absolute atomic E-state index is 6.05. The number of hydrogen-bond acceptors (Lipinski definition) is 3. The van der Waals surface area contributed by atoms with Crippen LogP contribution in [0.1, 0.15) is 57.2 Å². The van der Waals surface area contributed by atoms with E-state index in [4.69, 9.17) is 10.7 Å². The smallest absolute Gasteiger partial charge is 0.206 e. The van der Waals surface area contributed by atoms with Crippen molar-refractivity contribution in [2.24, 2.45) is 5.73 Å². The Kier molecular flexibility index (Phi) is 3.78. The number of aryl methyl sites for hydroxylation is 1. The average molecular weight is 262 g/mol. The summed E-state index contributed by atoms with van der Waals surface area (Å²) in [6.07, 6.45) is 11.2. The molecule has 1 saturated heterocycles. The molecule has 2 N–H and O–H groups in total. The minimum absolute atomic E-state index is 0.321. The Morgan fingerprint density at radius 2 is 2.05 bits per heavy atom. The molecular weight excluding hydrogens is 236 g/mol. The van der Waals surface area contributed by atoms with Crippen LogP contribution in [0.2, 0.25) is 0 Å². The van der Waals surface area contributed by atoms with Crippen molar-refractivity contribution in [2.45, 2.75) is 64.0 Å². The highest BCUT2D eigenvalue weighted by Crippen LogP contribution is 2.32. The van der Waals surface area contributed by atoms with Gasteiger partial charge in [-0.1, -0.05) is 26.2 Å². The molecule has 1 unspecified atom stereocenters. The van der Waals surface area contributed by atoms with Crippen LogP contribution in [0, 0.1) is 0 Å². The predicted molar refractivity (Wildman–Crippen MR) is 78.5 cm³/mol. The Morgan fingerprint density at radius 3 is 2.68 bits per heavy atom. The lowest BCUT2D eigenvalue weighted by Gasteiger charge is -2.27. The zero-order chi connectivity index (χ0) is 13.2. The van der Waals surface area contributed by atoms with Crippen LogP contribution in [0.4, 0.5) is 5.95 Å². The van der Waals surface area contributed by atoms with E-state index >= 15 is 0 Å². The van der Waals surface area contributed by atoms with Crippen molar-refractivity contribution >= 4 is 5.95 Å². The first kappa shape index (κ1) is 13.0. The van der Waals surface area contributed by atoms with Crippen molar-refractivity contribution in [3.63, 3.8) is 0 Å². The van der Waals surface area contributed by atoms with Crippen LogP contribution in [-0.4, -0.2) is 28.7 Å². The van der Waals surface area contributed by atoms with E-state index in [2.05, 4.69) is 22.6 Å². The predicted octanol–water partition coefficient (Wildman–Crippen LogP) is 2.49. The van der Waals surface area contributed by atoms with Crippen LogP contribution < -0.4 is 10.6 Å². The second-order valence-corrected chi connectivity index (χ2v) is 6.08. The zero-order valence-corrected chi connectivity index (χ0v) is 12.0. The van der Waals surface area contributed by atoms with E-state index in [1.807, 2.05) is 0 Å². The third kappa shape index (κ3) is 2.64. The molecule has 19 heavy (non-hydrogen) atoms. The lowest BCUT2D eigenvalue weighted by molar-refractivity contribution is 0.353. The molecule has 1 aromatic heterocycles. The normalized spacial score (nSPS) is 25.2. The Balaban J connectivity index is 1.86. The molecule has 106 valence electrons. The van der Waals surface area contributed by atoms with Gasteiger partial charge >= 0.3 is 0 Å². The topological polar surface area (TPSA) is 47.1 Å². The molecule has 2 heterocycles. The van der Waals surface area contributed by atoms with Crippen molar-refractivity contribution in [2.75, 3.05) is 18.0 Å². The highest BCUT2D eigenvalue weighted by molar-refractivity contribution is 5.36. The van der Waals surface area contributed by atoms with E-state index < -0.39 is 0 Å². The second-order valence-electron chi connectivity index (χ2n) is 6.08. The van der Waals surface area contributed by atoms with Crippen LogP contribution in [0.5, 0.6) is 0 Å². The molecular formula is C15H26N4. The van der Waals surface area contributed by atoms with Crippen LogP contribution in [0.15, 0.2) is 6.20 Å². The number of imidazole rings is 1. The summed E-state index contributed by atoms with van der Waals surface area (Å²) in [6.45, 7) is 4.22. The molecule has 0 radical (unpaired) electrons. The summed E-state index contributed by atoms with van der Waals surface area (Å²) < 4.78 is 2.45. The van der Waals surface area contributed by atoms with Crippen molar-refractivity contribution in [3.05, 3.63) is 11.9 Å². The van der Waals surface area contributed by atoms with Gasteiger partial charge in [-0.2, -0.15) is 0 Å². The average Bonchev–Trinajstić information content (AvgIpc) is 3.05. The highest BCUT2D eigenvalue weighted by Gasteiger charge is 2.26. The van der Waals surface area contributed by atoms with Crippen LogP contribution in [-0.2, 0) is 6.42 Å². The van der Waals surface area contributed by atoms with E-state index in [1.165, 1.54) is 43.7 Å². The Bertz CT molecular complexity index is 398. The van der Waals surface area contributed by atoms with Gasteiger partial charge in [0.05, 0.1) is 5.69 Å². The monoisotopic (exact) mass is 262 g/mol. The van der Waals surface area contributed by atoms with Crippen molar-refractivity contribution in [1.29, 1.82) is 0 Å². The number of nitrogens with zero attached hydrogens (tertiary/aromatic N) is 3. The maximum atomic E-state index is 6.05. The van der Waals surface area contributed by atoms with Gasteiger partial charge in [-0.05, 0) is 25.7 Å². The van der Waals surface area contributed by atoms with Crippen molar-refractivity contribution < 1.29 is 0 Å². The number of aromatic nitrogens is 2. The van der Waals surface area contributed by atoms with Gasteiger partial charge in [-0.25, -0.2) is 4.98 Å². The van der Waals surface area contributed by atoms with Gasteiger partial charge < -0.3 is 15.2 Å². The van der Waals surface area contributed by atoms with Gasteiger partial charge in [0.1, 0.15) is 0 Å². The Hall–Kier alpha value is -1.03. The lowest BCUT2D eigenvalue weighted by Crippen LogP contribution is -2.29. The molecule has 0 bridgehead atoms. The van der Waals surface area contributed by atoms with E-state index in [0.29, 0.717) is 12.1 Å². The van der Waals surface area contributed by atoms with Gasteiger partial charge in [-0.3, -0.25) is 0 Å². The van der Waals surface area contributed by atoms with E-state index in [0.717, 1.165) is 25.9 Å². The molecule has 0 spiro atoms. The first-order valence-electron chi connectivity index (χ1n) is 7.86. The molecule has 1 aromatic rings. The fraction of sp³-hybridized carbons (Fsp3) is 0.800. The van der Waals surface area contributed by atoms with Gasteiger partial charge in [0.25, 0.3) is 0 Å². The summed E-state index contributed by atoms with van der Waals surface area (Å²) >= 11 is 0. The summed E-state index contributed by atoms with van der Waals surface area (Å²) in [7, 11) is 0. The van der Waals surface area contributed by atoms with Crippen LogP contribution in [0.25, 0.3) is 0 Å². The summed E-state index contributed by atoms with van der Waals surface area (Å²) in [6, 6.07) is 0.981. The standard InChI is InChI=1S/C15H26N4/c1-2-13-11-19(14-6-4-3-5-7-14)15(17-13)18-9-8-12(16)10-18/h11-12,14H,2-10,16H2,1H3. The third-order valence-corrected chi connectivity index (χ3v) is 4.60. The SMILES string of the molecule is CCc1cn(C2CCCCC2)c(N2CCC(N)C2)n1. The maximum Gasteiger partial charge on any atom is 0.206 e. The first-order chi connectivity index (χ1) is 9.28. The minimum Gasteiger partial charge on any atom is -0.341 e. The van der Waals surface area contributed by atoms with Crippen molar-refractivity contribution in [3.8, 4) is 0 Å². The fourth-order valence-electron chi connectivity index (χ4n) is 3.43. The third-order valence-electron chi connectivity index (χ3n) is 4.60. The molecule has 4 nitrogen and oxygen atoms in total. The molecule has 3 rings (SSSR count). The molecule has 4 heteroatoms. The number of hydrogen-bond donors (Lipinski definition) is 1. The van der Waals surface area contributed by atoms with E-state index in [-0.39, 0.29) is 0 Å². The lowest BCUT2D eigenvalue weighted by atomic mass is 9.95. The quantitative estimate of drug-likeness (QED) is 0.910. The first-order valence-corrected chi connectivity index (χ1v) is 7.86. The summed E-state index contributed by atoms with van der Waals surface area (Å²) in [5.74, 6) is 1.18. The summed E-state index contributed by atoms with van der Waals surface area (Å²) in [5.41, 5.74) is 7.27. The van der Waals surface area contributed by atoms with Crippen LogP contribution >= 0.6 is 0 Å².